The van der Waals surface area contributed by atoms with E-state index in [1.807, 2.05) is 30.3 Å². The van der Waals surface area contributed by atoms with Crippen LogP contribution in [0.5, 0.6) is 5.75 Å². The summed E-state index contributed by atoms with van der Waals surface area (Å²) in [7, 11) is 1.52. The lowest BCUT2D eigenvalue weighted by Crippen LogP contribution is -2.15. The zero-order valence-corrected chi connectivity index (χ0v) is 14.6. The number of hydrogen-bond acceptors (Lipinski definition) is 4. The lowest BCUT2D eigenvalue weighted by molar-refractivity contribution is -0.116. The first-order valence-corrected chi connectivity index (χ1v) is 8.14. The second kappa shape index (κ2) is 7.65. The molecule has 0 radical (unpaired) electrons. The third-order valence-corrected chi connectivity index (χ3v) is 3.81. The molecule has 1 heterocycles. The molecule has 1 aromatic heterocycles. The fourth-order valence-electron chi connectivity index (χ4n) is 2.68. The molecule has 0 unspecified atom stereocenters. The van der Waals surface area contributed by atoms with Crippen LogP contribution in [-0.2, 0) is 16.0 Å². The predicted molar refractivity (Wildman–Crippen MR) is 101 cm³/mol. The van der Waals surface area contributed by atoms with Gasteiger partial charge in [0.15, 0.2) is 0 Å². The molecule has 26 heavy (non-hydrogen) atoms. The van der Waals surface area contributed by atoms with Crippen LogP contribution in [0.3, 0.4) is 0 Å². The van der Waals surface area contributed by atoms with E-state index in [0.29, 0.717) is 17.1 Å². The van der Waals surface area contributed by atoms with E-state index in [0.717, 1.165) is 16.5 Å². The van der Waals surface area contributed by atoms with Crippen molar-refractivity contribution >= 4 is 34.1 Å². The molecule has 0 saturated heterocycles. The number of nitrogens with zero attached hydrogens (tertiary/aromatic N) is 1. The van der Waals surface area contributed by atoms with Crippen LogP contribution in [0, 0.1) is 0 Å². The second-order valence-corrected chi connectivity index (χ2v) is 5.86. The number of methoxy groups -OCH3 is 1. The summed E-state index contributed by atoms with van der Waals surface area (Å²) in [5.41, 5.74) is 2.79. The van der Waals surface area contributed by atoms with Gasteiger partial charge in [-0.05, 0) is 35.9 Å². The Bertz CT molecular complexity index is 969. The van der Waals surface area contributed by atoms with Crippen molar-refractivity contribution in [2.75, 3.05) is 17.7 Å². The zero-order chi connectivity index (χ0) is 18.5. The molecule has 132 valence electrons. The topological polar surface area (TPSA) is 80.3 Å². The van der Waals surface area contributed by atoms with Crippen molar-refractivity contribution in [1.82, 2.24) is 4.98 Å². The number of fused-ring (bicyclic) bond motifs is 1. The highest BCUT2D eigenvalue weighted by Gasteiger charge is 2.11. The molecule has 6 nitrogen and oxygen atoms in total. The van der Waals surface area contributed by atoms with Crippen molar-refractivity contribution in [2.24, 2.45) is 0 Å². The fourth-order valence-corrected chi connectivity index (χ4v) is 2.68. The maximum Gasteiger partial charge on any atom is 0.228 e. The average molecular weight is 349 g/mol. The Kier molecular flexibility index (Phi) is 5.12. The number of ether oxygens (including phenoxy) is 1. The smallest absolute Gasteiger partial charge is 0.228 e. The molecule has 0 aliphatic rings. The number of amides is 2. The van der Waals surface area contributed by atoms with E-state index in [-0.39, 0.29) is 18.2 Å². The van der Waals surface area contributed by atoms with E-state index in [9.17, 15) is 9.59 Å². The Morgan fingerprint density at radius 2 is 1.88 bits per heavy atom. The molecular weight excluding hydrogens is 330 g/mol. The number of benzene rings is 2. The van der Waals surface area contributed by atoms with Crippen LogP contribution in [0.1, 0.15) is 12.5 Å². The Hall–Kier alpha value is -3.41. The number of rotatable bonds is 5. The summed E-state index contributed by atoms with van der Waals surface area (Å²) in [4.78, 5) is 28.0. The molecule has 3 aromatic rings. The van der Waals surface area contributed by atoms with Gasteiger partial charge in [-0.1, -0.05) is 18.2 Å². The minimum absolute atomic E-state index is 0.185. The van der Waals surface area contributed by atoms with Gasteiger partial charge in [-0.25, -0.2) is 0 Å². The lowest BCUT2D eigenvalue weighted by atomic mass is 10.1. The number of pyridine rings is 1. The first-order chi connectivity index (χ1) is 12.5. The second-order valence-electron chi connectivity index (χ2n) is 5.86. The van der Waals surface area contributed by atoms with Gasteiger partial charge in [0, 0.05) is 24.2 Å². The van der Waals surface area contributed by atoms with Crippen molar-refractivity contribution in [2.45, 2.75) is 13.3 Å². The normalized spacial score (nSPS) is 10.4. The number of carbonyl (C=O) groups excluding carboxylic acids is 2. The Balaban J connectivity index is 1.76. The molecule has 6 heteroatoms. The standard InChI is InChI=1S/C20H19N3O3/c1-13(24)22-16-7-8-19(26-2)18(11-16)23-20(25)10-14-9-15-5-3-4-6-17(15)21-12-14/h3-9,11-12H,10H2,1-2H3,(H,22,24)(H,23,25). The molecule has 0 spiro atoms. The van der Waals surface area contributed by atoms with Crippen LogP contribution in [0.25, 0.3) is 10.9 Å². The van der Waals surface area contributed by atoms with E-state index in [4.69, 9.17) is 4.74 Å². The fraction of sp³-hybridized carbons (Fsp3) is 0.150. The molecule has 2 N–H and O–H groups in total. The summed E-state index contributed by atoms with van der Waals surface area (Å²) < 4.78 is 5.27. The first-order valence-electron chi connectivity index (χ1n) is 8.14. The molecule has 0 atom stereocenters. The average Bonchev–Trinajstić information content (AvgIpc) is 2.61. The van der Waals surface area contributed by atoms with Gasteiger partial charge in [-0.2, -0.15) is 0 Å². The van der Waals surface area contributed by atoms with Gasteiger partial charge in [0.05, 0.1) is 24.7 Å². The molecule has 0 fully saturated rings. The largest absolute Gasteiger partial charge is 0.495 e. The van der Waals surface area contributed by atoms with Crippen LogP contribution in [0.15, 0.2) is 54.7 Å². The zero-order valence-electron chi connectivity index (χ0n) is 14.6. The first kappa shape index (κ1) is 17.4. The van der Waals surface area contributed by atoms with Crippen molar-refractivity contribution in [3.8, 4) is 5.75 Å². The van der Waals surface area contributed by atoms with Crippen molar-refractivity contribution in [1.29, 1.82) is 0 Å². The van der Waals surface area contributed by atoms with Crippen LogP contribution in [0.2, 0.25) is 0 Å². The predicted octanol–water partition coefficient (Wildman–Crippen LogP) is 3.38. The van der Waals surface area contributed by atoms with Crippen LogP contribution >= 0.6 is 0 Å². The van der Waals surface area contributed by atoms with Gasteiger partial charge in [0.1, 0.15) is 5.75 Å². The van der Waals surface area contributed by atoms with Gasteiger partial charge in [0.25, 0.3) is 0 Å². The summed E-state index contributed by atoms with van der Waals surface area (Å²) in [6.45, 7) is 1.43. The summed E-state index contributed by atoms with van der Waals surface area (Å²) >= 11 is 0. The van der Waals surface area contributed by atoms with Crippen LogP contribution in [-0.4, -0.2) is 23.9 Å². The monoisotopic (exact) mass is 349 g/mol. The number of anilines is 2. The lowest BCUT2D eigenvalue weighted by Gasteiger charge is -2.12. The number of aromatic nitrogens is 1. The highest BCUT2D eigenvalue weighted by molar-refractivity contribution is 5.96. The maximum atomic E-state index is 12.4. The number of hydrogen-bond donors (Lipinski definition) is 2. The summed E-state index contributed by atoms with van der Waals surface area (Å²) in [5, 5.41) is 6.50. The number of para-hydroxylation sites is 1. The minimum Gasteiger partial charge on any atom is -0.495 e. The quantitative estimate of drug-likeness (QED) is 0.740. The third-order valence-electron chi connectivity index (χ3n) is 3.81. The Labute approximate surface area is 151 Å². The number of nitrogens with one attached hydrogen (secondary N) is 2. The van der Waals surface area contributed by atoms with Crippen molar-refractivity contribution in [3.05, 3.63) is 60.3 Å². The van der Waals surface area contributed by atoms with Gasteiger partial charge < -0.3 is 15.4 Å². The molecule has 3 rings (SSSR count). The van der Waals surface area contributed by atoms with Gasteiger partial charge in [-0.15, -0.1) is 0 Å². The van der Waals surface area contributed by atoms with Gasteiger partial charge in [0.2, 0.25) is 11.8 Å². The van der Waals surface area contributed by atoms with Gasteiger partial charge >= 0.3 is 0 Å². The summed E-state index contributed by atoms with van der Waals surface area (Å²) in [5.74, 6) is 0.138. The molecule has 0 aliphatic heterocycles. The molecule has 2 amide bonds. The molecule has 0 saturated carbocycles. The Morgan fingerprint density at radius 3 is 2.65 bits per heavy atom. The summed E-state index contributed by atoms with van der Waals surface area (Å²) in [6, 6.07) is 14.8. The molecule has 0 aliphatic carbocycles. The molecule has 0 bridgehead atoms. The molecular formula is C20H19N3O3. The summed E-state index contributed by atoms with van der Waals surface area (Å²) in [6.07, 6.45) is 1.89. The molecule has 2 aromatic carbocycles. The van der Waals surface area contributed by atoms with E-state index in [1.165, 1.54) is 14.0 Å². The van der Waals surface area contributed by atoms with Crippen LogP contribution in [0.4, 0.5) is 11.4 Å². The van der Waals surface area contributed by atoms with Crippen LogP contribution < -0.4 is 15.4 Å². The van der Waals surface area contributed by atoms with Crippen molar-refractivity contribution in [3.63, 3.8) is 0 Å². The Morgan fingerprint density at radius 1 is 1.08 bits per heavy atom. The van der Waals surface area contributed by atoms with Crippen molar-refractivity contribution < 1.29 is 14.3 Å². The highest BCUT2D eigenvalue weighted by atomic mass is 16.5. The third kappa shape index (κ3) is 4.16. The minimum atomic E-state index is -0.194. The van der Waals surface area contributed by atoms with E-state index in [1.54, 1.807) is 24.4 Å². The van der Waals surface area contributed by atoms with E-state index < -0.39 is 0 Å². The van der Waals surface area contributed by atoms with E-state index >= 15 is 0 Å². The SMILES string of the molecule is COc1ccc(NC(C)=O)cc1NC(=O)Cc1cnc2ccccc2c1. The van der Waals surface area contributed by atoms with E-state index in [2.05, 4.69) is 15.6 Å². The van der Waals surface area contributed by atoms with Gasteiger partial charge in [-0.3, -0.25) is 14.6 Å². The highest BCUT2D eigenvalue weighted by Crippen LogP contribution is 2.28. The maximum absolute atomic E-state index is 12.4. The number of carbonyl (C=O) groups is 2.